The first-order chi connectivity index (χ1) is 8.74. The molecule has 1 atom stereocenters. The van der Waals surface area contributed by atoms with Crippen molar-refractivity contribution >= 4 is 15.9 Å². The lowest BCUT2D eigenvalue weighted by Crippen LogP contribution is -2.08. The molecule has 0 saturated heterocycles. The van der Waals surface area contributed by atoms with Crippen LogP contribution in [-0.4, -0.2) is 21.5 Å². The second kappa shape index (κ2) is 6.16. The normalized spacial score (nSPS) is 12.6. The number of aliphatic hydroxyl groups is 1. The molecule has 96 valence electrons. The Bertz CT molecular complexity index is 510. The molecule has 0 bridgehead atoms. The third-order valence-electron chi connectivity index (χ3n) is 3.06. The first-order valence-corrected chi connectivity index (χ1v) is 6.90. The van der Waals surface area contributed by atoms with E-state index in [4.69, 9.17) is 0 Å². The van der Waals surface area contributed by atoms with Crippen molar-refractivity contribution in [1.29, 1.82) is 0 Å². The van der Waals surface area contributed by atoms with Gasteiger partial charge in [0.25, 0.3) is 0 Å². The summed E-state index contributed by atoms with van der Waals surface area (Å²) in [6.07, 6.45) is 4.72. The van der Waals surface area contributed by atoms with Crippen LogP contribution in [0, 0.1) is 0 Å². The Morgan fingerprint density at radius 3 is 2.78 bits per heavy atom. The number of aliphatic hydroxyl groups excluding tert-OH is 1. The summed E-state index contributed by atoms with van der Waals surface area (Å²) in [7, 11) is 0. The van der Waals surface area contributed by atoms with Gasteiger partial charge in [-0.3, -0.25) is 4.68 Å². The number of hydrogen-bond acceptors (Lipinski definition) is 2. The van der Waals surface area contributed by atoms with Gasteiger partial charge in [0.15, 0.2) is 0 Å². The van der Waals surface area contributed by atoms with E-state index in [1.54, 1.807) is 0 Å². The smallest absolute Gasteiger partial charge is 0.0521 e. The van der Waals surface area contributed by atoms with E-state index in [-0.39, 0.29) is 12.5 Å². The standard InChI is InChI=1S/C14H17BrN2O/c1-2-17-9-11(8-16-17)7-12(10-18)13-5-3-4-6-14(13)15/h3-6,8-9,12,18H,2,7,10H2,1H3. The van der Waals surface area contributed by atoms with Crippen molar-refractivity contribution in [3.05, 3.63) is 52.3 Å². The van der Waals surface area contributed by atoms with Crippen molar-refractivity contribution in [1.82, 2.24) is 9.78 Å². The summed E-state index contributed by atoms with van der Waals surface area (Å²) in [5, 5.41) is 13.8. The number of nitrogens with zero attached hydrogens (tertiary/aromatic N) is 2. The molecule has 2 rings (SSSR count). The highest BCUT2D eigenvalue weighted by Gasteiger charge is 2.14. The molecule has 1 aromatic carbocycles. The Morgan fingerprint density at radius 2 is 2.17 bits per heavy atom. The van der Waals surface area contributed by atoms with Gasteiger partial charge in [-0.25, -0.2) is 0 Å². The van der Waals surface area contributed by atoms with Crippen molar-refractivity contribution in [2.45, 2.75) is 25.8 Å². The van der Waals surface area contributed by atoms with Gasteiger partial charge in [-0.05, 0) is 30.5 Å². The number of aromatic nitrogens is 2. The Balaban J connectivity index is 2.17. The highest BCUT2D eigenvalue weighted by atomic mass is 79.9. The molecule has 0 amide bonds. The molecule has 0 aliphatic carbocycles. The highest BCUT2D eigenvalue weighted by Crippen LogP contribution is 2.27. The number of rotatable bonds is 5. The van der Waals surface area contributed by atoms with Crippen LogP contribution in [0.25, 0.3) is 0 Å². The van der Waals surface area contributed by atoms with Crippen LogP contribution in [0.4, 0.5) is 0 Å². The third kappa shape index (κ3) is 3.00. The highest BCUT2D eigenvalue weighted by molar-refractivity contribution is 9.10. The SMILES string of the molecule is CCn1cc(CC(CO)c2ccccc2Br)cn1. The zero-order valence-electron chi connectivity index (χ0n) is 10.4. The van der Waals surface area contributed by atoms with E-state index in [2.05, 4.69) is 34.0 Å². The summed E-state index contributed by atoms with van der Waals surface area (Å²) in [5.41, 5.74) is 2.30. The van der Waals surface area contributed by atoms with Gasteiger partial charge in [0.05, 0.1) is 12.8 Å². The minimum atomic E-state index is 0.107. The number of benzene rings is 1. The maximum absolute atomic E-state index is 9.58. The van der Waals surface area contributed by atoms with E-state index >= 15 is 0 Å². The van der Waals surface area contributed by atoms with E-state index in [0.29, 0.717) is 0 Å². The molecule has 1 heterocycles. The Kier molecular flexibility index (Phi) is 4.55. The van der Waals surface area contributed by atoms with Crippen LogP contribution in [0.3, 0.4) is 0 Å². The number of aryl methyl sites for hydroxylation is 1. The molecule has 1 unspecified atom stereocenters. The molecule has 3 nitrogen and oxygen atoms in total. The van der Waals surface area contributed by atoms with Gasteiger partial charge in [-0.2, -0.15) is 5.10 Å². The molecule has 0 spiro atoms. The van der Waals surface area contributed by atoms with Gasteiger partial charge < -0.3 is 5.11 Å². The predicted molar refractivity (Wildman–Crippen MR) is 75.6 cm³/mol. The fraction of sp³-hybridized carbons (Fsp3) is 0.357. The largest absolute Gasteiger partial charge is 0.396 e. The van der Waals surface area contributed by atoms with Crippen LogP contribution in [-0.2, 0) is 13.0 Å². The van der Waals surface area contributed by atoms with Gasteiger partial charge in [0.2, 0.25) is 0 Å². The van der Waals surface area contributed by atoms with Crippen molar-refractivity contribution < 1.29 is 5.11 Å². The van der Waals surface area contributed by atoms with Crippen molar-refractivity contribution in [3.63, 3.8) is 0 Å². The van der Waals surface area contributed by atoms with Crippen LogP contribution >= 0.6 is 15.9 Å². The monoisotopic (exact) mass is 308 g/mol. The van der Waals surface area contributed by atoms with Crippen LogP contribution in [0.15, 0.2) is 41.1 Å². The Hall–Kier alpha value is -1.13. The topological polar surface area (TPSA) is 38.0 Å². The van der Waals surface area contributed by atoms with E-state index in [0.717, 1.165) is 28.6 Å². The molecule has 18 heavy (non-hydrogen) atoms. The van der Waals surface area contributed by atoms with Crippen molar-refractivity contribution in [2.24, 2.45) is 0 Å². The predicted octanol–water partition coefficient (Wildman–Crippen LogP) is 2.98. The Morgan fingerprint density at radius 1 is 1.39 bits per heavy atom. The summed E-state index contributed by atoms with van der Waals surface area (Å²) in [6.45, 7) is 3.08. The zero-order chi connectivity index (χ0) is 13.0. The maximum Gasteiger partial charge on any atom is 0.0521 e. The quantitative estimate of drug-likeness (QED) is 0.922. The summed E-state index contributed by atoms with van der Waals surface area (Å²) >= 11 is 3.54. The molecule has 2 aromatic rings. The second-order valence-corrected chi connectivity index (χ2v) is 5.16. The van der Waals surface area contributed by atoms with E-state index in [1.165, 1.54) is 0 Å². The van der Waals surface area contributed by atoms with Crippen LogP contribution in [0.1, 0.15) is 24.0 Å². The average Bonchev–Trinajstić information content (AvgIpc) is 2.85. The van der Waals surface area contributed by atoms with E-state index in [9.17, 15) is 5.11 Å². The molecule has 1 N–H and O–H groups in total. The number of hydrogen-bond donors (Lipinski definition) is 1. The fourth-order valence-corrected chi connectivity index (χ4v) is 2.66. The van der Waals surface area contributed by atoms with Gasteiger partial charge in [0, 0.05) is 23.1 Å². The summed E-state index contributed by atoms with van der Waals surface area (Å²) < 4.78 is 2.95. The summed E-state index contributed by atoms with van der Waals surface area (Å²) in [5.74, 6) is 0.107. The second-order valence-electron chi connectivity index (χ2n) is 4.31. The lowest BCUT2D eigenvalue weighted by Gasteiger charge is -2.15. The number of halogens is 1. The van der Waals surface area contributed by atoms with E-state index in [1.807, 2.05) is 35.3 Å². The van der Waals surface area contributed by atoms with Crippen molar-refractivity contribution in [3.8, 4) is 0 Å². The molecule has 0 saturated carbocycles. The minimum absolute atomic E-state index is 0.107. The summed E-state index contributed by atoms with van der Waals surface area (Å²) in [6, 6.07) is 8.04. The lowest BCUT2D eigenvalue weighted by atomic mass is 9.94. The van der Waals surface area contributed by atoms with Crippen LogP contribution < -0.4 is 0 Å². The molecule has 0 aliphatic heterocycles. The van der Waals surface area contributed by atoms with Gasteiger partial charge >= 0.3 is 0 Å². The maximum atomic E-state index is 9.58. The molecule has 0 aliphatic rings. The Labute approximate surface area is 116 Å². The van der Waals surface area contributed by atoms with Crippen LogP contribution in [0.2, 0.25) is 0 Å². The van der Waals surface area contributed by atoms with Gasteiger partial charge in [-0.1, -0.05) is 34.1 Å². The zero-order valence-corrected chi connectivity index (χ0v) is 12.0. The lowest BCUT2D eigenvalue weighted by molar-refractivity contribution is 0.264. The molecule has 4 heteroatoms. The average molecular weight is 309 g/mol. The fourth-order valence-electron chi connectivity index (χ4n) is 2.05. The first kappa shape index (κ1) is 13.3. The first-order valence-electron chi connectivity index (χ1n) is 6.11. The molecule has 0 fully saturated rings. The van der Waals surface area contributed by atoms with Gasteiger partial charge in [0.1, 0.15) is 0 Å². The van der Waals surface area contributed by atoms with Gasteiger partial charge in [-0.15, -0.1) is 0 Å². The molecular formula is C14H17BrN2O. The molecule has 1 aromatic heterocycles. The summed E-state index contributed by atoms with van der Waals surface area (Å²) in [4.78, 5) is 0. The van der Waals surface area contributed by atoms with Crippen LogP contribution in [0.5, 0.6) is 0 Å². The van der Waals surface area contributed by atoms with E-state index < -0.39 is 0 Å². The molecule has 0 radical (unpaired) electrons. The minimum Gasteiger partial charge on any atom is -0.396 e. The third-order valence-corrected chi connectivity index (χ3v) is 3.78. The van der Waals surface area contributed by atoms with Crippen molar-refractivity contribution in [2.75, 3.05) is 6.61 Å². The molecular weight excluding hydrogens is 292 g/mol.